The minimum atomic E-state index is -0.275. The first-order valence-electron chi connectivity index (χ1n) is 49.9. The molecule has 33 nitrogen and oxygen atoms in total. The Labute approximate surface area is 828 Å². The summed E-state index contributed by atoms with van der Waals surface area (Å²) in [6.07, 6.45) is 13.6. The molecule has 0 aliphatic carbocycles. The molecule has 33 heteroatoms. The largest absolute Gasteiger partial charge is 0.496 e. The zero-order valence-electron chi connectivity index (χ0n) is 85.8. The maximum absolute atomic E-state index is 14.1. The van der Waals surface area contributed by atoms with E-state index >= 15 is 0 Å². The maximum Gasteiger partial charge on any atom is 0.256 e. The van der Waals surface area contributed by atoms with Crippen molar-refractivity contribution in [1.29, 1.82) is 0 Å². The van der Waals surface area contributed by atoms with Gasteiger partial charge in [-0.2, -0.15) is 0 Å². The van der Waals surface area contributed by atoms with Crippen molar-refractivity contribution in [2.24, 2.45) is 0 Å². The maximum atomic E-state index is 14.1. The summed E-state index contributed by atoms with van der Waals surface area (Å²) in [5.74, 6) is 2.86. The van der Waals surface area contributed by atoms with Crippen LogP contribution in [0.5, 0.6) is 23.0 Å². The smallest absolute Gasteiger partial charge is 0.256 e. The first-order chi connectivity index (χ1) is 68.5. The van der Waals surface area contributed by atoms with Crippen molar-refractivity contribution in [1.82, 2.24) is 46.1 Å². The van der Waals surface area contributed by atoms with Gasteiger partial charge in [-0.25, -0.2) is 0 Å². The van der Waals surface area contributed by atoms with Gasteiger partial charge >= 0.3 is 0 Å². The molecule has 762 valence electrons. The van der Waals surface area contributed by atoms with Crippen LogP contribution in [0.4, 0.5) is 22.7 Å². The van der Waals surface area contributed by atoms with Gasteiger partial charge in [0.2, 0.25) is 0 Å². The number of H-pyrrole nitrogens is 4. The number of nitrogens with one attached hydrogen (secondary N) is 8. The van der Waals surface area contributed by atoms with Gasteiger partial charge in [0.25, 0.3) is 45.9 Å². The number of methoxy groups -OCH3 is 4. The molecule has 142 heavy (non-hydrogen) atoms. The van der Waals surface area contributed by atoms with E-state index in [0.717, 1.165) is 246 Å². The molecule has 4 aromatic carbocycles. The Hall–Kier alpha value is -13.1. The summed E-state index contributed by atoms with van der Waals surface area (Å²) in [7, 11) is 8.23. The van der Waals surface area contributed by atoms with E-state index in [1.165, 1.54) is 28.4 Å². The number of piperidine rings is 1. The molecular formula is C109H141N13O20. The topological polar surface area (TPSA) is 390 Å². The van der Waals surface area contributed by atoms with E-state index < -0.39 is 0 Å². The number of benzene rings is 4. The fourth-order valence-electron chi connectivity index (χ4n) is 21.1. The molecule has 0 bridgehead atoms. The van der Waals surface area contributed by atoms with E-state index in [9.17, 15) is 38.4 Å². The number of likely N-dealkylation sites (tertiary alicyclic amines) is 1. The third kappa shape index (κ3) is 23.3. The molecule has 5 aliphatic heterocycles. The molecule has 4 amide bonds. The van der Waals surface area contributed by atoms with Crippen LogP contribution >= 0.6 is 0 Å². The van der Waals surface area contributed by atoms with Crippen LogP contribution in [0.2, 0.25) is 0 Å². The van der Waals surface area contributed by atoms with Gasteiger partial charge in [-0.05, 0) is 251 Å². The standard InChI is InChI=1S/C32H44N4O5.2C26H33N3O5.C25H31N3O5/c1-6-23-26(36(7-2)22-10-14-40-15-11-22)18-29-24(17-27(41-29)21-8-12-35(4)13-9-21)30(23)32(38)33-19-25-28(39-5)16-20(3)34-31(25)37;1-6-29(18-7-9-33-10-8-18)20-12-22-23(15(2)14-34-22)24(17(20)4)26(31)27-13-19-21(32-5)11-16(3)28-25(19)30;1-6-29(18-7-9-33-10-8-18)21-13-23-19(12-16(3)34-23)24(17(21)4)26(31)27-14-20-22(32-5)11-15(2)28-25(20)30;1-5-28(17-6-9-32-10-7-17)20-13-22-18(8-11-33-22)23(16(20)3)25(30)26-14-19-21(31-4)12-15(2)27-24(19)29/h16-18,21-22H,6-15,19H2,1-5H3,(H,33,38)(H,34,37);11-12,14,18H,6-10,13H2,1-5H3,(H,27,31)(H,28,30);11-13,18H,6-10,14H2,1-5H3,(H,27,31)(H,28,30);8,11-13,17H,5-7,9-10,14H2,1-4H3,(H,26,30)(H,27,29). The summed E-state index contributed by atoms with van der Waals surface area (Å²) in [4.78, 5) is 128. The number of aromatic amines is 4. The summed E-state index contributed by atoms with van der Waals surface area (Å²) in [6.45, 7) is 39.0. The molecule has 0 spiro atoms. The highest BCUT2D eigenvalue weighted by Gasteiger charge is 2.35. The number of carbonyl (C=O) groups is 4. The molecule has 8 N–H and O–H groups in total. The highest BCUT2D eigenvalue weighted by Crippen LogP contribution is 2.44. The minimum absolute atomic E-state index is 0.0526. The number of fused-ring (bicyclic) bond motifs is 4. The SMILES string of the molecule is CCN(c1cc2oc(C)cc2c(C(=O)NCc2c(OC)cc(C)[nH]c2=O)c1C)C1CCOCC1.CCN(c1cc2occ(C)c2c(C(=O)NCc2c(OC)cc(C)[nH]c2=O)c1C)C1CCOCC1.CCN(c1cc2occc2c(C(=O)NCc2c(OC)cc(C)[nH]c2=O)c1C)C1CCOCC1.CCc1c(N(CC)C2CCOCC2)cc2oc(C3CCN(C)CC3)cc2c1C(=O)NCc1c(OC)cc(C)[nH]c1=O. The predicted molar refractivity (Wildman–Crippen MR) is 553 cm³/mol. The van der Waals surface area contributed by atoms with Crippen LogP contribution in [0.25, 0.3) is 43.9 Å². The number of aromatic nitrogens is 4. The summed E-state index contributed by atoms with van der Waals surface area (Å²) in [5, 5.41) is 15.0. The number of hydrogen-bond acceptors (Lipinski definition) is 25. The third-order valence-electron chi connectivity index (χ3n) is 28.4. The van der Waals surface area contributed by atoms with Crippen LogP contribution in [0.3, 0.4) is 0 Å². The van der Waals surface area contributed by atoms with E-state index in [1.54, 1.807) is 64.5 Å². The van der Waals surface area contributed by atoms with Crippen molar-refractivity contribution < 1.29 is 74.7 Å². The fourth-order valence-corrected chi connectivity index (χ4v) is 21.1. The van der Waals surface area contributed by atoms with E-state index in [4.69, 9.17) is 55.6 Å². The van der Waals surface area contributed by atoms with Crippen molar-refractivity contribution in [2.75, 3.05) is 147 Å². The quantitative estimate of drug-likeness (QED) is 0.0207. The average molecular weight is 1950 g/mol. The van der Waals surface area contributed by atoms with Gasteiger partial charge in [0.15, 0.2) is 0 Å². The van der Waals surface area contributed by atoms with Crippen LogP contribution < -0.4 is 82.1 Å². The molecule has 17 rings (SSSR count). The molecule has 0 atom stereocenters. The number of nitrogens with zero attached hydrogens (tertiary/aromatic N) is 5. The van der Waals surface area contributed by atoms with Crippen molar-refractivity contribution in [2.45, 2.75) is 224 Å². The van der Waals surface area contributed by atoms with Crippen LogP contribution in [0.1, 0.15) is 231 Å². The number of amides is 4. The summed E-state index contributed by atoms with van der Waals surface area (Å²) >= 11 is 0. The molecule has 5 saturated heterocycles. The number of hydrogen-bond donors (Lipinski definition) is 8. The van der Waals surface area contributed by atoms with Crippen LogP contribution in [-0.4, -0.2) is 200 Å². The molecule has 12 aromatic rings. The Morgan fingerprint density at radius 3 is 1.09 bits per heavy atom. The lowest BCUT2D eigenvalue weighted by Gasteiger charge is -2.37. The van der Waals surface area contributed by atoms with Gasteiger partial charge < -0.3 is 121 Å². The summed E-state index contributed by atoms with van der Waals surface area (Å²) in [6, 6.07) is 22.4. The van der Waals surface area contributed by atoms with E-state index in [2.05, 4.69) is 120 Å². The molecule has 5 aliphatic rings. The number of aryl methyl sites for hydroxylation is 6. The molecule has 13 heterocycles. The van der Waals surface area contributed by atoms with Gasteiger partial charge in [-0.15, -0.1) is 0 Å². The summed E-state index contributed by atoms with van der Waals surface area (Å²) < 4.78 is 68.0. The van der Waals surface area contributed by atoms with E-state index in [1.807, 2.05) is 65.0 Å². The first-order valence-corrected chi connectivity index (χ1v) is 49.9. The lowest BCUT2D eigenvalue weighted by Crippen LogP contribution is -2.40. The number of ether oxygens (including phenoxy) is 8. The Morgan fingerprint density at radius 2 is 0.711 bits per heavy atom. The van der Waals surface area contributed by atoms with E-state index in [-0.39, 0.29) is 72.0 Å². The molecular weight excluding hydrogens is 1810 g/mol. The zero-order chi connectivity index (χ0) is 101. The van der Waals surface area contributed by atoms with Crippen molar-refractivity contribution in [3.8, 4) is 23.0 Å². The second-order valence-corrected chi connectivity index (χ2v) is 37.4. The van der Waals surface area contributed by atoms with E-state index in [0.29, 0.717) is 144 Å². The van der Waals surface area contributed by atoms with Crippen LogP contribution in [0.15, 0.2) is 116 Å². The number of furan rings is 4. The van der Waals surface area contributed by atoms with Crippen molar-refractivity contribution in [3.63, 3.8) is 0 Å². The van der Waals surface area contributed by atoms with Gasteiger partial charge in [0.1, 0.15) is 56.9 Å². The molecule has 0 unspecified atom stereocenters. The normalized spacial score (nSPS) is 15.2. The van der Waals surface area contributed by atoms with Crippen LogP contribution in [0, 0.1) is 62.3 Å². The monoisotopic (exact) mass is 1950 g/mol. The Kier molecular flexibility index (Phi) is 35.2. The third-order valence-corrected chi connectivity index (χ3v) is 28.4. The minimum Gasteiger partial charge on any atom is -0.496 e. The lowest BCUT2D eigenvalue weighted by molar-refractivity contribution is 0.0845. The first kappa shape index (κ1) is 105. The van der Waals surface area contributed by atoms with Gasteiger partial charge in [-0.3, -0.25) is 38.4 Å². The zero-order valence-corrected chi connectivity index (χ0v) is 85.8. The molecule has 5 fully saturated rings. The number of rotatable bonds is 30. The average Bonchev–Trinajstić information content (AvgIpc) is 1.57. The van der Waals surface area contributed by atoms with Gasteiger partial charge in [0, 0.05) is 200 Å². The van der Waals surface area contributed by atoms with Crippen molar-refractivity contribution in [3.05, 3.63) is 227 Å². The van der Waals surface area contributed by atoms with Gasteiger partial charge in [0.05, 0.1) is 112 Å². The second-order valence-electron chi connectivity index (χ2n) is 37.4. The van der Waals surface area contributed by atoms with Crippen molar-refractivity contribution >= 4 is 90.3 Å². The molecule has 8 aromatic heterocycles. The molecule has 0 radical (unpaired) electrons. The second kappa shape index (κ2) is 47.7. The highest BCUT2D eigenvalue weighted by atomic mass is 16.5. The predicted octanol–water partition coefficient (Wildman–Crippen LogP) is 16.4. The molecule has 0 saturated carbocycles. The Bertz CT molecular complexity index is 6710. The number of anilines is 4. The summed E-state index contributed by atoms with van der Waals surface area (Å²) in [5.41, 5.74) is 17.0. The van der Waals surface area contributed by atoms with Crippen LogP contribution in [-0.2, 0) is 51.5 Å². The van der Waals surface area contributed by atoms with Gasteiger partial charge in [-0.1, -0.05) is 6.92 Å². The fraction of sp³-hybridized carbons (Fsp3) is 0.486. The Morgan fingerprint density at radius 1 is 0.380 bits per heavy atom. The highest BCUT2D eigenvalue weighted by molar-refractivity contribution is 6.13. The lowest BCUT2D eigenvalue weighted by atomic mass is 9.92. The number of pyridine rings is 4. The Balaban J connectivity index is 0.000000151. The number of carbonyl (C=O) groups excluding carboxylic acids is 4.